The van der Waals surface area contributed by atoms with Crippen LogP contribution < -0.4 is 0 Å². The van der Waals surface area contributed by atoms with E-state index in [1.807, 2.05) is 18.4 Å². The van der Waals surface area contributed by atoms with Gasteiger partial charge in [0.15, 0.2) is 6.29 Å². The molecule has 76 valence electrons. The molecule has 0 unspecified atom stereocenters. The lowest BCUT2D eigenvalue weighted by atomic mass is 10.0. The van der Waals surface area contributed by atoms with Crippen LogP contribution in [0, 0.1) is 12.7 Å². The van der Waals surface area contributed by atoms with Crippen LogP contribution >= 0.6 is 11.3 Å². The summed E-state index contributed by atoms with van der Waals surface area (Å²) in [5.74, 6) is -0.381. The highest BCUT2D eigenvalue weighted by atomic mass is 32.1. The molecule has 1 aromatic carbocycles. The van der Waals surface area contributed by atoms with E-state index in [0.29, 0.717) is 11.8 Å². The molecule has 0 spiro atoms. The summed E-state index contributed by atoms with van der Waals surface area (Å²) in [5, 5.41) is 1.96. The SMILES string of the molecule is Cc1sccc1-c1ccc(F)cc1C=O. The monoisotopic (exact) mass is 220 g/mol. The molecular formula is C12H9FOS. The van der Waals surface area contributed by atoms with Crippen molar-refractivity contribution in [2.24, 2.45) is 0 Å². The minimum atomic E-state index is -0.381. The van der Waals surface area contributed by atoms with Gasteiger partial charge >= 0.3 is 0 Å². The van der Waals surface area contributed by atoms with Gasteiger partial charge in [0, 0.05) is 10.4 Å². The first-order valence-electron chi connectivity index (χ1n) is 4.51. The molecule has 0 N–H and O–H groups in total. The van der Waals surface area contributed by atoms with E-state index in [9.17, 15) is 9.18 Å². The molecular weight excluding hydrogens is 211 g/mol. The van der Waals surface area contributed by atoms with Gasteiger partial charge in [0.05, 0.1) is 0 Å². The maximum absolute atomic E-state index is 12.9. The van der Waals surface area contributed by atoms with Gasteiger partial charge in [-0.2, -0.15) is 0 Å². The van der Waals surface area contributed by atoms with Crippen molar-refractivity contribution in [2.75, 3.05) is 0 Å². The number of hydrogen-bond acceptors (Lipinski definition) is 2. The molecule has 0 saturated heterocycles. The van der Waals surface area contributed by atoms with Gasteiger partial charge in [-0.3, -0.25) is 4.79 Å². The average Bonchev–Trinajstić information content (AvgIpc) is 2.64. The number of carbonyl (C=O) groups excluding carboxylic acids is 1. The largest absolute Gasteiger partial charge is 0.298 e. The summed E-state index contributed by atoms with van der Waals surface area (Å²) in [6.45, 7) is 1.98. The lowest BCUT2D eigenvalue weighted by Crippen LogP contribution is -1.89. The fourth-order valence-corrected chi connectivity index (χ4v) is 2.25. The summed E-state index contributed by atoms with van der Waals surface area (Å²) in [4.78, 5) is 12.0. The third kappa shape index (κ3) is 1.83. The van der Waals surface area contributed by atoms with Crippen molar-refractivity contribution in [3.8, 4) is 11.1 Å². The Hall–Kier alpha value is -1.48. The zero-order valence-electron chi connectivity index (χ0n) is 8.16. The van der Waals surface area contributed by atoms with Gasteiger partial charge in [-0.25, -0.2) is 4.39 Å². The first-order chi connectivity index (χ1) is 7.22. The number of hydrogen-bond donors (Lipinski definition) is 0. The predicted octanol–water partition coefficient (Wildman–Crippen LogP) is 3.68. The molecule has 0 amide bonds. The van der Waals surface area contributed by atoms with Gasteiger partial charge in [0.25, 0.3) is 0 Å². The Balaban J connectivity index is 2.63. The Labute approximate surface area is 91.2 Å². The van der Waals surface area contributed by atoms with Crippen LogP contribution in [0.4, 0.5) is 4.39 Å². The number of aryl methyl sites for hydroxylation is 1. The van der Waals surface area contributed by atoms with E-state index in [2.05, 4.69) is 0 Å². The number of aldehydes is 1. The fourth-order valence-electron chi connectivity index (χ4n) is 1.54. The van der Waals surface area contributed by atoms with E-state index in [1.165, 1.54) is 12.1 Å². The lowest BCUT2D eigenvalue weighted by Gasteiger charge is -2.03. The van der Waals surface area contributed by atoms with Crippen LogP contribution in [-0.4, -0.2) is 6.29 Å². The highest BCUT2D eigenvalue weighted by molar-refractivity contribution is 7.10. The summed E-state index contributed by atoms with van der Waals surface area (Å²) in [5.41, 5.74) is 2.20. The van der Waals surface area contributed by atoms with Crippen molar-refractivity contribution in [3.05, 3.63) is 45.9 Å². The van der Waals surface area contributed by atoms with Crippen molar-refractivity contribution in [2.45, 2.75) is 6.92 Å². The van der Waals surface area contributed by atoms with Crippen LogP contribution in [0.25, 0.3) is 11.1 Å². The summed E-state index contributed by atoms with van der Waals surface area (Å²) in [6.07, 6.45) is 0.690. The third-order valence-electron chi connectivity index (χ3n) is 2.29. The van der Waals surface area contributed by atoms with Crippen LogP contribution in [0.1, 0.15) is 15.2 Å². The molecule has 2 aromatic rings. The highest BCUT2D eigenvalue weighted by Crippen LogP contribution is 2.29. The van der Waals surface area contributed by atoms with Gasteiger partial charge in [0.1, 0.15) is 5.82 Å². The predicted molar refractivity (Wildman–Crippen MR) is 59.8 cm³/mol. The molecule has 0 aliphatic rings. The van der Waals surface area contributed by atoms with Crippen molar-refractivity contribution >= 4 is 17.6 Å². The topological polar surface area (TPSA) is 17.1 Å². The van der Waals surface area contributed by atoms with Gasteiger partial charge in [-0.15, -0.1) is 11.3 Å². The van der Waals surface area contributed by atoms with Crippen molar-refractivity contribution < 1.29 is 9.18 Å². The number of carbonyl (C=O) groups is 1. The van der Waals surface area contributed by atoms with E-state index >= 15 is 0 Å². The molecule has 15 heavy (non-hydrogen) atoms. The zero-order valence-corrected chi connectivity index (χ0v) is 8.98. The summed E-state index contributed by atoms with van der Waals surface area (Å²) >= 11 is 1.61. The maximum Gasteiger partial charge on any atom is 0.150 e. The quantitative estimate of drug-likeness (QED) is 0.706. The molecule has 0 bridgehead atoms. The minimum absolute atomic E-state index is 0.381. The van der Waals surface area contributed by atoms with Crippen molar-refractivity contribution in [1.82, 2.24) is 0 Å². The summed E-state index contributed by atoms with van der Waals surface area (Å²) < 4.78 is 12.9. The Bertz CT molecular complexity index is 502. The van der Waals surface area contributed by atoms with Crippen molar-refractivity contribution in [3.63, 3.8) is 0 Å². The second-order valence-corrected chi connectivity index (χ2v) is 4.36. The minimum Gasteiger partial charge on any atom is -0.298 e. The Morgan fingerprint density at radius 2 is 2.07 bits per heavy atom. The van der Waals surface area contributed by atoms with Gasteiger partial charge in [-0.1, -0.05) is 6.07 Å². The fraction of sp³-hybridized carbons (Fsp3) is 0.0833. The number of thiophene rings is 1. The lowest BCUT2D eigenvalue weighted by molar-refractivity contribution is 0.112. The number of halogens is 1. The summed E-state index contributed by atoms with van der Waals surface area (Å²) in [6, 6.07) is 6.23. The zero-order chi connectivity index (χ0) is 10.8. The molecule has 0 aliphatic carbocycles. The number of rotatable bonds is 2. The molecule has 0 aliphatic heterocycles. The Kier molecular flexibility index (Phi) is 2.64. The molecule has 2 rings (SSSR count). The normalized spacial score (nSPS) is 10.3. The van der Waals surface area contributed by atoms with E-state index < -0.39 is 0 Å². The van der Waals surface area contributed by atoms with Crippen LogP contribution in [0.15, 0.2) is 29.6 Å². The van der Waals surface area contributed by atoms with E-state index in [0.717, 1.165) is 16.0 Å². The number of benzene rings is 1. The van der Waals surface area contributed by atoms with Crippen LogP contribution in [0.3, 0.4) is 0 Å². The van der Waals surface area contributed by atoms with E-state index in [4.69, 9.17) is 0 Å². The molecule has 1 heterocycles. The second-order valence-electron chi connectivity index (χ2n) is 3.24. The van der Waals surface area contributed by atoms with Crippen LogP contribution in [-0.2, 0) is 0 Å². The van der Waals surface area contributed by atoms with Gasteiger partial charge in [-0.05, 0) is 41.6 Å². The van der Waals surface area contributed by atoms with Gasteiger partial charge in [0.2, 0.25) is 0 Å². The Morgan fingerprint density at radius 3 is 2.67 bits per heavy atom. The van der Waals surface area contributed by atoms with E-state index in [1.54, 1.807) is 17.4 Å². The second kappa shape index (κ2) is 3.95. The molecule has 1 aromatic heterocycles. The molecule has 0 radical (unpaired) electrons. The third-order valence-corrected chi connectivity index (χ3v) is 3.14. The Morgan fingerprint density at radius 1 is 1.27 bits per heavy atom. The van der Waals surface area contributed by atoms with Gasteiger partial charge < -0.3 is 0 Å². The van der Waals surface area contributed by atoms with Crippen molar-refractivity contribution in [1.29, 1.82) is 0 Å². The first kappa shape index (κ1) is 10.1. The maximum atomic E-state index is 12.9. The van der Waals surface area contributed by atoms with Crippen LogP contribution in [0.2, 0.25) is 0 Å². The standard InChI is InChI=1S/C12H9FOS/c1-8-11(4-5-15-8)12-3-2-10(13)6-9(12)7-14/h2-7H,1H3. The summed E-state index contributed by atoms with van der Waals surface area (Å²) in [7, 11) is 0. The molecule has 0 fully saturated rings. The smallest absolute Gasteiger partial charge is 0.150 e. The average molecular weight is 220 g/mol. The molecule has 1 nitrogen and oxygen atoms in total. The molecule has 0 atom stereocenters. The van der Waals surface area contributed by atoms with Crippen LogP contribution in [0.5, 0.6) is 0 Å². The first-order valence-corrected chi connectivity index (χ1v) is 5.39. The molecule has 0 saturated carbocycles. The molecule has 3 heteroatoms. The highest BCUT2D eigenvalue weighted by Gasteiger charge is 2.08. The van der Waals surface area contributed by atoms with E-state index in [-0.39, 0.29) is 5.82 Å².